The summed E-state index contributed by atoms with van der Waals surface area (Å²) in [6.07, 6.45) is 1.93. The van der Waals surface area contributed by atoms with Crippen LogP contribution in [0.25, 0.3) is 11.0 Å². The Balaban J connectivity index is 1.52. The van der Waals surface area contributed by atoms with Gasteiger partial charge in [-0.15, -0.1) is 22.7 Å². The van der Waals surface area contributed by atoms with Crippen LogP contribution in [0.4, 0.5) is 0 Å². The molecular formula is C21H16N4O2S2. The second-order valence-electron chi connectivity index (χ2n) is 6.67. The average Bonchev–Trinajstić information content (AvgIpc) is 3.49. The molecule has 1 unspecified atom stereocenters. The summed E-state index contributed by atoms with van der Waals surface area (Å²) >= 11 is 3.22. The van der Waals surface area contributed by atoms with Crippen LogP contribution in [0.1, 0.15) is 22.2 Å². The van der Waals surface area contributed by atoms with Crippen molar-refractivity contribution < 1.29 is 4.79 Å². The number of carbonyl (C=O) groups is 1. The zero-order valence-corrected chi connectivity index (χ0v) is 16.9. The zero-order chi connectivity index (χ0) is 19.8. The second kappa shape index (κ2) is 7.38. The number of fused-ring (bicyclic) bond motifs is 1. The fourth-order valence-corrected chi connectivity index (χ4v) is 5.05. The summed E-state index contributed by atoms with van der Waals surface area (Å²) in [5.41, 5.74) is 1.92. The smallest absolute Gasteiger partial charge is 0.269 e. The number of rotatable bonds is 4. The van der Waals surface area contributed by atoms with E-state index in [0.29, 0.717) is 17.5 Å². The van der Waals surface area contributed by atoms with E-state index in [2.05, 4.69) is 10.1 Å². The Kier molecular flexibility index (Phi) is 4.57. The molecular weight excluding hydrogens is 404 g/mol. The molecule has 0 saturated carbocycles. The molecule has 1 aromatic carbocycles. The number of para-hydroxylation sites is 2. The lowest BCUT2D eigenvalue weighted by Crippen LogP contribution is -2.33. The van der Waals surface area contributed by atoms with Gasteiger partial charge in [-0.1, -0.05) is 24.3 Å². The van der Waals surface area contributed by atoms with E-state index in [-0.39, 0.29) is 24.1 Å². The Bertz CT molecular complexity index is 1260. The van der Waals surface area contributed by atoms with E-state index in [0.717, 1.165) is 15.5 Å². The van der Waals surface area contributed by atoms with Gasteiger partial charge in [0.2, 0.25) is 0 Å². The summed E-state index contributed by atoms with van der Waals surface area (Å²) in [4.78, 5) is 32.0. The predicted octanol–water partition coefficient (Wildman–Crippen LogP) is 3.90. The maximum atomic E-state index is 13.3. The zero-order valence-electron chi connectivity index (χ0n) is 15.3. The monoisotopic (exact) mass is 420 g/mol. The minimum absolute atomic E-state index is 0.0784. The summed E-state index contributed by atoms with van der Waals surface area (Å²) in [5, 5.41) is 10.2. The number of benzene rings is 1. The molecule has 0 fully saturated rings. The van der Waals surface area contributed by atoms with Crippen molar-refractivity contribution in [2.24, 2.45) is 5.10 Å². The number of hydrazone groups is 1. The summed E-state index contributed by atoms with van der Waals surface area (Å²) in [7, 11) is 0. The first-order valence-electron chi connectivity index (χ1n) is 9.12. The number of amides is 1. The first-order valence-corrected chi connectivity index (χ1v) is 10.9. The van der Waals surface area contributed by atoms with E-state index >= 15 is 0 Å². The van der Waals surface area contributed by atoms with E-state index in [9.17, 15) is 9.59 Å². The maximum absolute atomic E-state index is 13.3. The van der Waals surface area contributed by atoms with Crippen LogP contribution < -0.4 is 5.56 Å². The highest BCUT2D eigenvalue weighted by Crippen LogP contribution is 2.36. The molecule has 1 aliphatic heterocycles. The molecule has 5 rings (SSSR count). The molecule has 3 aromatic heterocycles. The van der Waals surface area contributed by atoms with Gasteiger partial charge in [0.1, 0.15) is 6.54 Å². The van der Waals surface area contributed by atoms with Crippen LogP contribution in [-0.2, 0) is 11.3 Å². The van der Waals surface area contributed by atoms with Gasteiger partial charge in [-0.25, -0.2) is 9.99 Å². The summed E-state index contributed by atoms with van der Waals surface area (Å²) in [6, 6.07) is 15.2. The van der Waals surface area contributed by atoms with Crippen LogP contribution in [0.5, 0.6) is 0 Å². The van der Waals surface area contributed by atoms with E-state index in [1.165, 1.54) is 10.8 Å². The van der Waals surface area contributed by atoms with Gasteiger partial charge < -0.3 is 0 Å². The van der Waals surface area contributed by atoms with Crippen LogP contribution in [0.2, 0.25) is 0 Å². The van der Waals surface area contributed by atoms with Gasteiger partial charge in [-0.05, 0) is 35.0 Å². The molecule has 0 aliphatic carbocycles. The topological polar surface area (TPSA) is 67.6 Å². The van der Waals surface area contributed by atoms with Crippen LogP contribution in [0.3, 0.4) is 0 Å². The Morgan fingerprint density at radius 2 is 1.90 bits per heavy atom. The molecule has 1 atom stereocenters. The van der Waals surface area contributed by atoms with Crippen molar-refractivity contribution in [2.75, 3.05) is 0 Å². The molecule has 0 spiro atoms. The van der Waals surface area contributed by atoms with Crippen molar-refractivity contribution in [1.29, 1.82) is 0 Å². The van der Waals surface area contributed by atoms with E-state index in [4.69, 9.17) is 0 Å². The fraction of sp³-hybridized carbons (Fsp3) is 0.143. The molecule has 0 N–H and O–H groups in total. The third-order valence-corrected chi connectivity index (χ3v) is 6.78. The predicted molar refractivity (Wildman–Crippen MR) is 115 cm³/mol. The molecule has 4 heterocycles. The Labute approximate surface area is 174 Å². The van der Waals surface area contributed by atoms with Gasteiger partial charge >= 0.3 is 0 Å². The van der Waals surface area contributed by atoms with Crippen LogP contribution in [0, 0.1) is 0 Å². The van der Waals surface area contributed by atoms with Crippen LogP contribution in [-0.4, -0.2) is 26.2 Å². The molecule has 1 aliphatic rings. The Morgan fingerprint density at radius 1 is 1.07 bits per heavy atom. The molecule has 0 bridgehead atoms. The van der Waals surface area contributed by atoms with Gasteiger partial charge in [-0.3, -0.25) is 14.2 Å². The molecule has 6 nitrogen and oxygen atoms in total. The summed E-state index contributed by atoms with van der Waals surface area (Å²) < 4.78 is 1.47. The lowest BCUT2D eigenvalue weighted by molar-refractivity contribution is -0.133. The minimum atomic E-state index is -0.300. The third kappa shape index (κ3) is 3.30. The fourth-order valence-electron chi connectivity index (χ4n) is 3.52. The lowest BCUT2D eigenvalue weighted by Gasteiger charge is -2.21. The van der Waals surface area contributed by atoms with E-state index in [1.807, 2.05) is 53.2 Å². The van der Waals surface area contributed by atoms with Crippen LogP contribution >= 0.6 is 22.7 Å². The molecule has 29 heavy (non-hydrogen) atoms. The highest BCUT2D eigenvalue weighted by atomic mass is 32.1. The Morgan fingerprint density at radius 3 is 2.69 bits per heavy atom. The quantitative estimate of drug-likeness (QED) is 0.503. The van der Waals surface area contributed by atoms with E-state index < -0.39 is 0 Å². The van der Waals surface area contributed by atoms with Crippen molar-refractivity contribution in [1.82, 2.24) is 14.6 Å². The normalized spacial score (nSPS) is 16.3. The number of thiophene rings is 2. The number of aromatic nitrogens is 2. The minimum Gasteiger partial charge on any atom is -0.296 e. The van der Waals surface area contributed by atoms with Gasteiger partial charge in [0.25, 0.3) is 11.5 Å². The molecule has 144 valence electrons. The number of carbonyl (C=O) groups excluding carboxylic acids is 1. The number of hydrogen-bond donors (Lipinski definition) is 0. The number of nitrogens with zero attached hydrogens (tertiary/aromatic N) is 4. The van der Waals surface area contributed by atoms with Gasteiger partial charge in [0, 0.05) is 11.3 Å². The van der Waals surface area contributed by atoms with Crippen molar-refractivity contribution >= 4 is 45.3 Å². The second-order valence-corrected chi connectivity index (χ2v) is 8.60. The first-order chi connectivity index (χ1) is 14.2. The molecule has 0 saturated heterocycles. The SMILES string of the molecule is O=C(Cn1c(=O)cnc2ccccc21)N1N=C(c2cccs2)CC1c1cccs1. The molecule has 8 heteroatoms. The third-order valence-electron chi connectivity index (χ3n) is 4.89. The highest BCUT2D eigenvalue weighted by Gasteiger charge is 2.34. The number of hydrogen-bond acceptors (Lipinski definition) is 6. The average molecular weight is 421 g/mol. The van der Waals surface area contributed by atoms with Crippen molar-refractivity contribution in [3.63, 3.8) is 0 Å². The van der Waals surface area contributed by atoms with Crippen molar-refractivity contribution in [3.8, 4) is 0 Å². The summed E-state index contributed by atoms with van der Waals surface area (Å²) in [5.74, 6) is -0.214. The van der Waals surface area contributed by atoms with Crippen molar-refractivity contribution in [3.05, 3.63) is 85.6 Å². The molecule has 1 amide bonds. The highest BCUT2D eigenvalue weighted by molar-refractivity contribution is 7.12. The Hall–Kier alpha value is -3.10. The lowest BCUT2D eigenvalue weighted by atomic mass is 10.1. The van der Waals surface area contributed by atoms with Gasteiger partial charge in [-0.2, -0.15) is 5.10 Å². The van der Waals surface area contributed by atoms with Gasteiger partial charge in [0.05, 0.1) is 33.9 Å². The van der Waals surface area contributed by atoms with E-state index in [1.54, 1.807) is 33.7 Å². The molecule has 0 radical (unpaired) electrons. The molecule has 4 aromatic rings. The van der Waals surface area contributed by atoms with Crippen molar-refractivity contribution in [2.45, 2.75) is 19.0 Å². The first kappa shape index (κ1) is 18.0. The van der Waals surface area contributed by atoms with Gasteiger partial charge in [0.15, 0.2) is 0 Å². The summed E-state index contributed by atoms with van der Waals surface area (Å²) in [6.45, 7) is -0.0784. The largest absolute Gasteiger partial charge is 0.296 e. The standard InChI is InChI=1S/C21H16N4O2S2/c26-20-12-22-14-5-1-2-6-16(14)24(20)13-21(27)25-17(19-8-4-10-29-19)11-15(23-25)18-7-3-9-28-18/h1-10,12,17H,11,13H2. The maximum Gasteiger partial charge on any atom is 0.269 e. The van der Waals surface area contributed by atoms with Crippen LogP contribution in [0.15, 0.2) is 75.4 Å².